The van der Waals surface area contributed by atoms with E-state index in [-0.39, 0.29) is 12.1 Å². The number of nitrogens with zero attached hydrogens (tertiary/aromatic N) is 1. The van der Waals surface area contributed by atoms with Gasteiger partial charge in [0.05, 0.1) is 6.10 Å². The molecule has 2 rings (SSSR count). The van der Waals surface area contributed by atoms with Crippen molar-refractivity contribution in [3.8, 4) is 0 Å². The lowest BCUT2D eigenvalue weighted by atomic mass is 9.94. The minimum absolute atomic E-state index is 0.0267. The van der Waals surface area contributed by atoms with E-state index in [2.05, 4.69) is 18.7 Å². The van der Waals surface area contributed by atoms with Crippen molar-refractivity contribution < 1.29 is 5.11 Å². The number of rotatable bonds is 1. The van der Waals surface area contributed by atoms with Crippen LogP contribution in [0.3, 0.4) is 0 Å². The molecule has 0 unspecified atom stereocenters. The van der Waals surface area contributed by atoms with E-state index >= 15 is 0 Å². The normalized spacial score (nSPS) is 45.9. The Morgan fingerprint density at radius 2 is 2.08 bits per heavy atom. The first-order valence-corrected chi connectivity index (χ1v) is 5.32. The van der Waals surface area contributed by atoms with Crippen molar-refractivity contribution in [2.24, 2.45) is 5.73 Å². The summed E-state index contributed by atoms with van der Waals surface area (Å²) < 4.78 is 0. The summed E-state index contributed by atoms with van der Waals surface area (Å²) in [7, 11) is 0. The fourth-order valence-electron chi connectivity index (χ4n) is 3.06. The van der Waals surface area contributed by atoms with Gasteiger partial charge in [0.1, 0.15) is 0 Å². The number of aliphatic hydroxyl groups excluding tert-OH is 1. The molecular formula is C10H20N2O. The zero-order valence-corrected chi connectivity index (χ0v) is 8.48. The van der Waals surface area contributed by atoms with E-state index in [1.54, 1.807) is 0 Å². The molecule has 2 aliphatic heterocycles. The van der Waals surface area contributed by atoms with Crippen LogP contribution < -0.4 is 5.73 Å². The third-order valence-electron chi connectivity index (χ3n) is 3.60. The molecule has 3 nitrogen and oxygen atoms in total. The highest BCUT2D eigenvalue weighted by Gasteiger charge is 2.45. The Morgan fingerprint density at radius 1 is 1.38 bits per heavy atom. The monoisotopic (exact) mass is 184 g/mol. The van der Waals surface area contributed by atoms with Crippen molar-refractivity contribution in [1.82, 2.24) is 4.90 Å². The molecule has 0 spiro atoms. The Kier molecular flexibility index (Phi) is 2.34. The summed E-state index contributed by atoms with van der Waals surface area (Å²) in [5, 5.41) is 9.71. The highest BCUT2D eigenvalue weighted by molar-refractivity contribution is 5.03. The summed E-state index contributed by atoms with van der Waals surface area (Å²) in [6, 6.07) is 1.55. The number of hydrogen-bond donors (Lipinski definition) is 2. The lowest BCUT2D eigenvalue weighted by molar-refractivity contribution is 0.00115. The number of hydrogen-bond acceptors (Lipinski definition) is 3. The average Bonchev–Trinajstić information content (AvgIpc) is 2.40. The van der Waals surface area contributed by atoms with Gasteiger partial charge in [0.15, 0.2) is 0 Å². The van der Waals surface area contributed by atoms with Crippen LogP contribution >= 0.6 is 0 Å². The predicted molar refractivity (Wildman–Crippen MR) is 52.4 cm³/mol. The first-order chi connectivity index (χ1) is 6.11. The predicted octanol–water partition coefficient (Wildman–Crippen LogP) is 0.320. The maximum atomic E-state index is 9.71. The maximum absolute atomic E-state index is 9.71. The zero-order valence-electron chi connectivity index (χ0n) is 8.48. The van der Waals surface area contributed by atoms with Gasteiger partial charge in [-0.05, 0) is 33.1 Å². The van der Waals surface area contributed by atoms with Crippen LogP contribution in [0.5, 0.6) is 0 Å². The zero-order chi connectivity index (χ0) is 9.59. The van der Waals surface area contributed by atoms with Crippen LogP contribution in [0.15, 0.2) is 0 Å². The molecule has 0 aromatic carbocycles. The number of piperidine rings is 1. The molecule has 4 atom stereocenters. The van der Waals surface area contributed by atoms with Gasteiger partial charge in [0.2, 0.25) is 0 Å². The van der Waals surface area contributed by atoms with Crippen molar-refractivity contribution >= 4 is 0 Å². The Morgan fingerprint density at radius 3 is 2.69 bits per heavy atom. The fraction of sp³-hybridized carbons (Fsp3) is 1.00. The Bertz CT molecular complexity index is 195. The van der Waals surface area contributed by atoms with Crippen LogP contribution in [0.2, 0.25) is 0 Å². The van der Waals surface area contributed by atoms with Crippen LogP contribution in [-0.2, 0) is 0 Å². The molecular weight excluding hydrogens is 164 g/mol. The van der Waals surface area contributed by atoms with Crippen LogP contribution in [0, 0.1) is 0 Å². The molecule has 0 aliphatic carbocycles. The summed E-state index contributed by atoms with van der Waals surface area (Å²) in [5.41, 5.74) is 6.00. The van der Waals surface area contributed by atoms with Gasteiger partial charge in [-0.3, -0.25) is 4.90 Å². The smallest absolute Gasteiger partial charge is 0.0721 e. The standard InChI is InChI=1S/C10H20N2O/c1-6(2)12-7-3-4-8(12)10(11)9(13)5-7/h6-10,13H,3-5,11H2,1-2H3/t7-,8+,9+,10+/m0/s1. The highest BCUT2D eigenvalue weighted by atomic mass is 16.3. The van der Waals surface area contributed by atoms with E-state index in [9.17, 15) is 5.11 Å². The summed E-state index contributed by atoms with van der Waals surface area (Å²) in [6.45, 7) is 4.44. The molecule has 13 heavy (non-hydrogen) atoms. The summed E-state index contributed by atoms with van der Waals surface area (Å²) in [6.07, 6.45) is 2.98. The van der Waals surface area contributed by atoms with Crippen molar-refractivity contribution in [2.45, 2.75) is 63.4 Å². The molecule has 2 heterocycles. The molecule has 0 amide bonds. The van der Waals surface area contributed by atoms with Crippen LogP contribution in [0.25, 0.3) is 0 Å². The minimum Gasteiger partial charge on any atom is -0.391 e. The van der Waals surface area contributed by atoms with Gasteiger partial charge in [-0.2, -0.15) is 0 Å². The van der Waals surface area contributed by atoms with E-state index in [1.807, 2.05) is 0 Å². The van der Waals surface area contributed by atoms with Gasteiger partial charge in [0.25, 0.3) is 0 Å². The molecule has 2 fully saturated rings. The van der Waals surface area contributed by atoms with Crippen LogP contribution in [0.4, 0.5) is 0 Å². The topological polar surface area (TPSA) is 49.5 Å². The lowest BCUT2D eigenvalue weighted by Crippen LogP contribution is -2.59. The van der Waals surface area contributed by atoms with Crippen molar-refractivity contribution in [2.75, 3.05) is 0 Å². The second kappa shape index (κ2) is 3.23. The second-order valence-corrected chi connectivity index (χ2v) is 4.72. The molecule has 0 radical (unpaired) electrons. The van der Waals surface area contributed by atoms with Gasteiger partial charge in [-0.15, -0.1) is 0 Å². The highest BCUT2D eigenvalue weighted by Crippen LogP contribution is 2.36. The van der Waals surface area contributed by atoms with E-state index in [0.29, 0.717) is 18.1 Å². The molecule has 2 aliphatic rings. The molecule has 76 valence electrons. The van der Waals surface area contributed by atoms with Crippen molar-refractivity contribution in [3.05, 3.63) is 0 Å². The van der Waals surface area contributed by atoms with Gasteiger partial charge in [-0.1, -0.05) is 0 Å². The second-order valence-electron chi connectivity index (χ2n) is 4.72. The summed E-state index contributed by atoms with van der Waals surface area (Å²) in [4.78, 5) is 2.50. The first-order valence-electron chi connectivity index (χ1n) is 5.32. The lowest BCUT2D eigenvalue weighted by Gasteiger charge is -2.43. The summed E-state index contributed by atoms with van der Waals surface area (Å²) >= 11 is 0. The molecule has 2 bridgehead atoms. The largest absolute Gasteiger partial charge is 0.391 e. The molecule has 3 heteroatoms. The van der Waals surface area contributed by atoms with E-state index in [1.165, 1.54) is 12.8 Å². The average molecular weight is 184 g/mol. The van der Waals surface area contributed by atoms with Gasteiger partial charge >= 0.3 is 0 Å². The maximum Gasteiger partial charge on any atom is 0.0721 e. The third kappa shape index (κ3) is 1.39. The van der Waals surface area contributed by atoms with Gasteiger partial charge in [0, 0.05) is 24.2 Å². The van der Waals surface area contributed by atoms with Gasteiger partial charge in [-0.25, -0.2) is 0 Å². The van der Waals surface area contributed by atoms with Gasteiger partial charge < -0.3 is 10.8 Å². The Labute approximate surface area is 79.9 Å². The van der Waals surface area contributed by atoms with Crippen LogP contribution in [0.1, 0.15) is 33.1 Å². The number of nitrogens with two attached hydrogens (primary N) is 1. The third-order valence-corrected chi connectivity index (χ3v) is 3.60. The number of aliphatic hydroxyl groups is 1. The van der Waals surface area contributed by atoms with E-state index in [4.69, 9.17) is 5.73 Å². The molecule has 0 saturated carbocycles. The molecule has 2 saturated heterocycles. The fourth-order valence-corrected chi connectivity index (χ4v) is 3.06. The van der Waals surface area contributed by atoms with Crippen molar-refractivity contribution in [3.63, 3.8) is 0 Å². The summed E-state index contributed by atoms with van der Waals surface area (Å²) in [5.74, 6) is 0. The molecule has 0 aromatic heterocycles. The first kappa shape index (κ1) is 9.44. The van der Waals surface area contributed by atoms with Crippen LogP contribution in [-0.4, -0.2) is 40.3 Å². The Balaban J connectivity index is 2.16. The Hall–Kier alpha value is -0.120. The van der Waals surface area contributed by atoms with E-state index < -0.39 is 0 Å². The molecule has 3 N–H and O–H groups in total. The SMILES string of the molecule is CC(C)N1[C@H]2CC[C@@H]1[C@@H](N)[C@H](O)C2. The van der Waals surface area contributed by atoms with Crippen molar-refractivity contribution in [1.29, 1.82) is 0 Å². The van der Waals surface area contributed by atoms with E-state index in [0.717, 1.165) is 6.42 Å². The quantitative estimate of drug-likeness (QED) is 0.617. The minimum atomic E-state index is -0.271. The number of fused-ring (bicyclic) bond motifs is 2. The molecule has 0 aromatic rings.